The van der Waals surface area contributed by atoms with Crippen LogP contribution in [0.5, 0.6) is 5.75 Å². The van der Waals surface area contributed by atoms with E-state index >= 15 is 0 Å². The minimum Gasteiger partial charge on any atom is -0.494 e. The van der Waals surface area contributed by atoms with Gasteiger partial charge in [-0.1, -0.05) is 17.7 Å². The van der Waals surface area contributed by atoms with Crippen LogP contribution in [-0.2, 0) is 4.79 Å². The highest BCUT2D eigenvalue weighted by molar-refractivity contribution is 6.34. The number of nitrogens with one attached hydrogen (secondary N) is 3. The molecule has 180 valence electrons. The first-order valence-electron chi connectivity index (χ1n) is 10.6. The lowest BCUT2D eigenvalue weighted by Crippen LogP contribution is -2.22. The number of benzene rings is 1. The molecule has 0 atom stereocenters. The molecule has 4 N–H and O–H groups in total. The van der Waals surface area contributed by atoms with E-state index in [1.807, 2.05) is 0 Å². The molecule has 4 rings (SSSR count). The number of halogens is 1. The second-order valence-electron chi connectivity index (χ2n) is 7.70. The maximum absolute atomic E-state index is 12.4. The van der Waals surface area contributed by atoms with Crippen molar-refractivity contribution in [3.05, 3.63) is 52.9 Å². The maximum Gasteiger partial charge on any atom is 0.354 e. The molecule has 35 heavy (non-hydrogen) atoms. The summed E-state index contributed by atoms with van der Waals surface area (Å²) in [4.78, 5) is 39.7. The van der Waals surface area contributed by atoms with Gasteiger partial charge in [0.25, 0.3) is 5.91 Å². The number of rotatable bonds is 8. The first-order valence-corrected chi connectivity index (χ1v) is 10.9. The normalized spacial score (nSPS) is 12.5. The van der Waals surface area contributed by atoms with E-state index in [0.717, 1.165) is 12.8 Å². The third kappa shape index (κ3) is 5.14. The molecule has 3 aromatic rings. The molecule has 1 aliphatic carbocycles. The number of pyridine rings is 1. The predicted molar refractivity (Wildman–Crippen MR) is 128 cm³/mol. The number of aromatic nitrogens is 3. The fourth-order valence-corrected chi connectivity index (χ4v) is 3.62. The molecule has 1 aliphatic rings. The Morgan fingerprint density at radius 3 is 2.49 bits per heavy atom. The van der Waals surface area contributed by atoms with Crippen LogP contribution in [0.2, 0.25) is 5.02 Å². The quantitative estimate of drug-likeness (QED) is 0.367. The fourth-order valence-electron chi connectivity index (χ4n) is 3.36. The van der Waals surface area contributed by atoms with Crippen molar-refractivity contribution >= 4 is 46.6 Å². The molecular weight excluding hydrogens is 476 g/mol. The highest BCUT2D eigenvalue weighted by Crippen LogP contribution is 2.43. The van der Waals surface area contributed by atoms with Gasteiger partial charge in [-0.3, -0.25) is 9.59 Å². The van der Waals surface area contributed by atoms with Gasteiger partial charge < -0.3 is 25.8 Å². The van der Waals surface area contributed by atoms with Crippen LogP contribution in [0.15, 0.2) is 36.5 Å². The van der Waals surface area contributed by atoms with Crippen molar-refractivity contribution in [3.8, 4) is 16.9 Å². The number of carboxylic acids is 1. The Labute approximate surface area is 204 Å². The van der Waals surface area contributed by atoms with Gasteiger partial charge in [0, 0.05) is 36.4 Å². The van der Waals surface area contributed by atoms with Crippen LogP contribution in [0.1, 0.15) is 33.8 Å². The fraction of sp³-hybridized carbons (Fsp3) is 0.217. The Morgan fingerprint density at radius 2 is 1.89 bits per heavy atom. The molecule has 1 saturated carbocycles. The van der Waals surface area contributed by atoms with E-state index in [0.29, 0.717) is 27.6 Å². The third-order valence-electron chi connectivity index (χ3n) is 5.29. The molecule has 0 radical (unpaired) electrons. The number of nitrogens with zero attached hydrogens (tertiary/aromatic N) is 3. The second-order valence-corrected chi connectivity index (χ2v) is 8.11. The summed E-state index contributed by atoms with van der Waals surface area (Å²) >= 11 is 6.46. The van der Waals surface area contributed by atoms with E-state index in [-0.39, 0.29) is 34.7 Å². The van der Waals surface area contributed by atoms with Crippen molar-refractivity contribution in [1.82, 2.24) is 20.5 Å². The number of anilines is 3. The average Bonchev–Trinajstić information content (AvgIpc) is 3.70. The van der Waals surface area contributed by atoms with Crippen LogP contribution in [0.25, 0.3) is 11.1 Å². The second kappa shape index (κ2) is 9.94. The predicted octanol–water partition coefficient (Wildman–Crippen LogP) is 3.35. The summed E-state index contributed by atoms with van der Waals surface area (Å²) in [6.07, 6.45) is 3.04. The zero-order valence-corrected chi connectivity index (χ0v) is 19.5. The lowest BCUT2D eigenvalue weighted by molar-refractivity contribution is -0.117. The molecule has 12 heteroatoms. The smallest absolute Gasteiger partial charge is 0.354 e. The van der Waals surface area contributed by atoms with Crippen LogP contribution < -0.4 is 20.7 Å². The highest BCUT2D eigenvalue weighted by Gasteiger charge is 2.30. The van der Waals surface area contributed by atoms with Crippen LogP contribution >= 0.6 is 11.6 Å². The minimum absolute atomic E-state index is 0.00273. The minimum atomic E-state index is -1.15. The summed E-state index contributed by atoms with van der Waals surface area (Å²) in [5.41, 5.74) is 1.59. The summed E-state index contributed by atoms with van der Waals surface area (Å²) in [5.74, 6) is -1.30. The van der Waals surface area contributed by atoms with Crippen molar-refractivity contribution in [3.63, 3.8) is 0 Å². The molecule has 0 spiro atoms. The summed E-state index contributed by atoms with van der Waals surface area (Å²) in [5, 5.41) is 25.7. The van der Waals surface area contributed by atoms with Gasteiger partial charge in [-0.2, -0.15) is 0 Å². The molecule has 0 bridgehead atoms. The van der Waals surface area contributed by atoms with Crippen molar-refractivity contribution < 1.29 is 24.2 Å². The number of amides is 2. The van der Waals surface area contributed by atoms with Gasteiger partial charge in [0.05, 0.1) is 23.5 Å². The summed E-state index contributed by atoms with van der Waals surface area (Å²) in [7, 11) is 2.91. The highest BCUT2D eigenvalue weighted by atomic mass is 35.5. The lowest BCUT2D eigenvalue weighted by atomic mass is 10.0. The number of carbonyl (C=O) groups excluding carboxylic acids is 2. The first-order chi connectivity index (χ1) is 16.8. The van der Waals surface area contributed by atoms with Crippen molar-refractivity contribution in [2.75, 3.05) is 24.8 Å². The van der Waals surface area contributed by atoms with Crippen molar-refractivity contribution in [2.24, 2.45) is 5.92 Å². The van der Waals surface area contributed by atoms with Crippen LogP contribution in [0.4, 0.5) is 17.2 Å². The zero-order chi connectivity index (χ0) is 25.1. The number of hydrogen-bond donors (Lipinski definition) is 4. The van der Waals surface area contributed by atoms with E-state index in [1.54, 1.807) is 18.2 Å². The summed E-state index contributed by atoms with van der Waals surface area (Å²) in [6.45, 7) is 0. The SMILES string of the molecule is CNC(=O)c1nnc(NC(=O)C2CC2)cc1Nc1ccc(Cl)c(-c2ccc(C(=O)O)nc2)c1OC. The largest absolute Gasteiger partial charge is 0.494 e. The van der Waals surface area contributed by atoms with Crippen LogP contribution in [-0.4, -0.2) is 52.2 Å². The first kappa shape index (κ1) is 23.9. The van der Waals surface area contributed by atoms with E-state index in [9.17, 15) is 14.4 Å². The Morgan fingerprint density at radius 1 is 1.11 bits per heavy atom. The topological polar surface area (TPSA) is 155 Å². The number of carbonyl (C=O) groups is 3. The Kier molecular flexibility index (Phi) is 6.78. The monoisotopic (exact) mass is 496 g/mol. The van der Waals surface area contributed by atoms with Gasteiger partial charge in [-0.05, 0) is 31.0 Å². The Balaban J connectivity index is 1.74. The molecule has 2 heterocycles. The number of carboxylic acid groups (broad SMARTS) is 1. The van der Waals surface area contributed by atoms with Crippen molar-refractivity contribution in [2.45, 2.75) is 12.8 Å². The van der Waals surface area contributed by atoms with Crippen molar-refractivity contribution in [1.29, 1.82) is 0 Å². The molecule has 2 amide bonds. The number of ether oxygens (including phenoxy) is 1. The molecule has 2 aromatic heterocycles. The summed E-state index contributed by atoms with van der Waals surface area (Å²) in [6, 6.07) is 7.71. The van der Waals surface area contributed by atoms with Gasteiger partial charge >= 0.3 is 5.97 Å². The third-order valence-corrected chi connectivity index (χ3v) is 5.60. The number of hydrogen-bond acceptors (Lipinski definition) is 8. The molecule has 0 unspecified atom stereocenters. The lowest BCUT2D eigenvalue weighted by Gasteiger charge is -2.18. The van der Waals surface area contributed by atoms with E-state index in [2.05, 4.69) is 31.1 Å². The molecule has 1 fully saturated rings. The zero-order valence-electron chi connectivity index (χ0n) is 18.8. The van der Waals surface area contributed by atoms with Crippen LogP contribution in [0, 0.1) is 5.92 Å². The summed E-state index contributed by atoms with van der Waals surface area (Å²) < 4.78 is 5.63. The van der Waals surface area contributed by atoms with Gasteiger partial charge in [-0.15, -0.1) is 10.2 Å². The van der Waals surface area contributed by atoms with Gasteiger partial charge in [0.1, 0.15) is 5.69 Å². The van der Waals surface area contributed by atoms with Crippen LogP contribution in [0.3, 0.4) is 0 Å². The van der Waals surface area contributed by atoms with E-state index < -0.39 is 11.9 Å². The van der Waals surface area contributed by atoms with Gasteiger partial charge in [-0.25, -0.2) is 9.78 Å². The molecule has 0 saturated heterocycles. The average molecular weight is 497 g/mol. The van der Waals surface area contributed by atoms with E-state index in [4.69, 9.17) is 21.4 Å². The van der Waals surface area contributed by atoms with Gasteiger partial charge in [0.15, 0.2) is 17.3 Å². The maximum atomic E-state index is 12.4. The molecular formula is C23H21ClN6O5. The molecule has 0 aliphatic heterocycles. The standard InChI is InChI=1S/C23H21ClN6O5/c1-25-22(32)19-16(9-17(29-30-19)28-21(31)11-3-4-11)27-14-8-6-13(24)18(20(14)35-2)12-5-7-15(23(33)34)26-10-12/h5-11H,3-4H2,1-2H3,(H,25,32)(H,33,34)(H2,27,28,29,31). The Hall–Kier alpha value is -4.25. The van der Waals surface area contributed by atoms with Gasteiger partial charge in [0.2, 0.25) is 5.91 Å². The number of methoxy groups -OCH3 is 1. The van der Waals surface area contributed by atoms with E-state index in [1.165, 1.54) is 32.5 Å². The molecule has 1 aromatic carbocycles. The number of aromatic carboxylic acids is 1. The molecule has 11 nitrogen and oxygen atoms in total. The Bertz CT molecular complexity index is 1310.